The first-order valence-electron chi connectivity index (χ1n) is 6.06. The fraction of sp³-hybridized carbons (Fsp3) is 0.429. The summed E-state index contributed by atoms with van der Waals surface area (Å²) in [6, 6.07) is 6.11. The van der Waals surface area contributed by atoms with Crippen molar-refractivity contribution >= 4 is 17.7 Å². The number of amides is 2. The van der Waals surface area contributed by atoms with E-state index >= 15 is 0 Å². The minimum Gasteiger partial charge on any atom is -0.478 e. The van der Waals surface area contributed by atoms with Crippen LogP contribution in [0.5, 0.6) is 0 Å². The SMILES string of the molecule is CN(C(=O)NCC(C)(C)C)c1ccccc1C(=O)O. The number of para-hydroxylation sites is 1. The molecule has 5 nitrogen and oxygen atoms in total. The average molecular weight is 264 g/mol. The van der Waals surface area contributed by atoms with Crippen molar-refractivity contribution in [3.8, 4) is 0 Å². The zero-order valence-electron chi connectivity index (χ0n) is 11.7. The zero-order valence-corrected chi connectivity index (χ0v) is 11.7. The molecule has 1 rings (SSSR count). The maximum atomic E-state index is 12.0. The smallest absolute Gasteiger partial charge is 0.337 e. The third kappa shape index (κ3) is 4.28. The topological polar surface area (TPSA) is 69.6 Å². The van der Waals surface area contributed by atoms with Gasteiger partial charge in [-0.1, -0.05) is 32.9 Å². The summed E-state index contributed by atoms with van der Waals surface area (Å²) in [4.78, 5) is 24.4. The van der Waals surface area contributed by atoms with Crippen LogP contribution in [0.1, 0.15) is 31.1 Å². The van der Waals surface area contributed by atoms with E-state index in [9.17, 15) is 9.59 Å². The molecular weight excluding hydrogens is 244 g/mol. The van der Waals surface area contributed by atoms with Gasteiger partial charge in [-0.25, -0.2) is 9.59 Å². The number of urea groups is 1. The third-order valence-electron chi connectivity index (χ3n) is 2.57. The van der Waals surface area contributed by atoms with Gasteiger partial charge in [-0.3, -0.25) is 4.90 Å². The molecule has 2 N–H and O–H groups in total. The second kappa shape index (κ2) is 5.73. The van der Waals surface area contributed by atoms with Gasteiger partial charge in [0.05, 0.1) is 11.3 Å². The Morgan fingerprint density at radius 1 is 1.26 bits per heavy atom. The molecule has 0 atom stereocenters. The number of carbonyl (C=O) groups is 2. The van der Waals surface area contributed by atoms with E-state index in [0.717, 1.165) is 0 Å². The van der Waals surface area contributed by atoms with Crippen LogP contribution in [0.4, 0.5) is 10.5 Å². The summed E-state index contributed by atoms with van der Waals surface area (Å²) >= 11 is 0. The molecule has 0 aliphatic heterocycles. The fourth-order valence-electron chi connectivity index (χ4n) is 1.52. The van der Waals surface area contributed by atoms with Crippen molar-refractivity contribution < 1.29 is 14.7 Å². The Kier molecular flexibility index (Phi) is 4.53. The van der Waals surface area contributed by atoms with Crippen molar-refractivity contribution in [3.63, 3.8) is 0 Å². The van der Waals surface area contributed by atoms with E-state index in [4.69, 9.17) is 5.11 Å². The highest BCUT2D eigenvalue weighted by Crippen LogP contribution is 2.19. The molecule has 0 unspecified atom stereocenters. The number of nitrogens with one attached hydrogen (secondary N) is 1. The van der Waals surface area contributed by atoms with Gasteiger partial charge in [0.25, 0.3) is 0 Å². The Morgan fingerprint density at radius 3 is 2.37 bits per heavy atom. The molecule has 0 aliphatic carbocycles. The lowest BCUT2D eigenvalue weighted by molar-refractivity contribution is 0.0697. The number of anilines is 1. The highest BCUT2D eigenvalue weighted by molar-refractivity contribution is 6.01. The van der Waals surface area contributed by atoms with Gasteiger partial charge in [0.1, 0.15) is 0 Å². The molecule has 0 fully saturated rings. The van der Waals surface area contributed by atoms with Crippen LogP contribution in [0, 0.1) is 5.41 Å². The maximum Gasteiger partial charge on any atom is 0.337 e. The molecule has 5 heteroatoms. The van der Waals surface area contributed by atoms with Crippen molar-refractivity contribution in [1.82, 2.24) is 5.32 Å². The largest absolute Gasteiger partial charge is 0.478 e. The van der Waals surface area contributed by atoms with Crippen LogP contribution >= 0.6 is 0 Å². The highest BCUT2D eigenvalue weighted by Gasteiger charge is 2.19. The number of rotatable bonds is 3. The molecule has 0 heterocycles. The molecule has 0 aliphatic rings. The highest BCUT2D eigenvalue weighted by atomic mass is 16.4. The average Bonchev–Trinajstić information content (AvgIpc) is 2.34. The Labute approximate surface area is 113 Å². The summed E-state index contributed by atoms with van der Waals surface area (Å²) in [7, 11) is 1.56. The molecule has 104 valence electrons. The van der Waals surface area contributed by atoms with Crippen LogP contribution in [0.25, 0.3) is 0 Å². The van der Waals surface area contributed by atoms with Crippen molar-refractivity contribution in [2.45, 2.75) is 20.8 Å². The summed E-state index contributed by atoms with van der Waals surface area (Å²) in [6.07, 6.45) is 0. The third-order valence-corrected chi connectivity index (χ3v) is 2.57. The summed E-state index contributed by atoms with van der Waals surface area (Å²) in [5.74, 6) is -1.05. The van der Waals surface area contributed by atoms with E-state index in [1.54, 1.807) is 25.2 Å². The lowest BCUT2D eigenvalue weighted by Gasteiger charge is -2.23. The van der Waals surface area contributed by atoms with E-state index in [2.05, 4.69) is 5.32 Å². The fourth-order valence-corrected chi connectivity index (χ4v) is 1.52. The number of nitrogens with zero attached hydrogens (tertiary/aromatic N) is 1. The second-order valence-corrected chi connectivity index (χ2v) is 5.60. The van der Waals surface area contributed by atoms with E-state index in [1.807, 2.05) is 20.8 Å². The van der Waals surface area contributed by atoms with Crippen LogP contribution in [0.3, 0.4) is 0 Å². The predicted molar refractivity (Wildman–Crippen MR) is 74.7 cm³/mol. The number of carboxylic acid groups (broad SMARTS) is 1. The molecule has 0 saturated carbocycles. The van der Waals surface area contributed by atoms with Crippen LogP contribution in [-0.2, 0) is 0 Å². The number of hydrogen-bond acceptors (Lipinski definition) is 2. The Hall–Kier alpha value is -2.04. The first kappa shape index (κ1) is 15.0. The summed E-state index contributed by atoms with van der Waals surface area (Å²) in [5.41, 5.74) is 0.459. The number of hydrogen-bond donors (Lipinski definition) is 2. The molecule has 0 aromatic heterocycles. The van der Waals surface area contributed by atoms with Crippen LogP contribution in [-0.4, -0.2) is 30.7 Å². The molecule has 1 aromatic rings. The summed E-state index contributed by atoms with van der Waals surface area (Å²) in [6.45, 7) is 6.56. The quantitative estimate of drug-likeness (QED) is 0.881. The zero-order chi connectivity index (χ0) is 14.6. The lowest BCUT2D eigenvalue weighted by Crippen LogP contribution is -2.41. The number of aromatic carboxylic acids is 1. The van der Waals surface area contributed by atoms with Crippen LogP contribution in [0.15, 0.2) is 24.3 Å². The van der Waals surface area contributed by atoms with Crippen LogP contribution < -0.4 is 10.2 Å². The predicted octanol–water partition coefficient (Wildman–Crippen LogP) is 2.58. The van der Waals surface area contributed by atoms with E-state index in [0.29, 0.717) is 12.2 Å². The molecule has 0 saturated heterocycles. The number of benzene rings is 1. The van der Waals surface area contributed by atoms with E-state index < -0.39 is 5.97 Å². The number of carbonyl (C=O) groups excluding carboxylic acids is 1. The minimum absolute atomic E-state index is 0.0250. The van der Waals surface area contributed by atoms with Crippen molar-refractivity contribution in [1.29, 1.82) is 0 Å². The van der Waals surface area contributed by atoms with Gasteiger partial charge in [-0.15, -0.1) is 0 Å². The molecule has 0 spiro atoms. The van der Waals surface area contributed by atoms with Gasteiger partial charge in [0, 0.05) is 13.6 Å². The monoisotopic (exact) mass is 264 g/mol. The molecule has 19 heavy (non-hydrogen) atoms. The van der Waals surface area contributed by atoms with Gasteiger partial charge in [-0.05, 0) is 17.5 Å². The van der Waals surface area contributed by atoms with Gasteiger partial charge in [0.2, 0.25) is 0 Å². The lowest BCUT2D eigenvalue weighted by atomic mass is 9.97. The van der Waals surface area contributed by atoms with Gasteiger partial charge in [-0.2, -0.15) is 0 Å². The summed E-state index contributed by atoms with van der Waals surface area (Å²) in [5, 5.41) is 11.9. The minimum atomic E-state index is -1.05. The van der Waals surface area contributed by atoms with Crippen molar-refractivity contribution in [2.75, 3.05) is 18.5 Å². The Morgan fingerprint density at radius 2 is 1.84 bits per heavy atom. The number of carboxylic acids is 1. The Bertz CT molecular complexity index is 478. The first-order valence-corrected chi connectivity index (χ1v) is 6.06. The van der Waals surface area contributed by atoms with Gasteiger partial charge in [0.15, 0.2) is 0 Å². The van der Waals surface area contributed by atoms with Gasteiger partial charge < -0.3 is 10.4 Å². The summed E-state index contributed by atoms with van der Waals surface area (Å²) < 4.78 is 0. The van der Waals surface area contributed by atoms with Crippen LogP contribution in [0.2, 0.25) is 0 Å². The maximum absolute atomic E-state index is 12.0. The van der Waals surface area contributed by atoms with Crippen molar-refractivity contribution in [3.05, 3.63) is 29.8 Å². The van der Waals surface area contributed by atoms with Gasteiger partial charge >= 0.3 is 12.0 Å². The molecule has 0 bridgehead atoms. The van der Waals surface area contributed by atoms with E-state index in [1.165, 1.54) is 11.0 Å². The molecule has 1 aromatic carbocycles. The molecule has 2 amide bonds. The standard InChI is InChI=1S/C14H20N2O3/c1-14(2,3)9-15-13(19)16(4)11-8-6-5-7-10(11)12(17)18/h5-8H,9H2,1-4H3,(H,15,19)(H,17,18). The first-order chi connectivity index (χ1) is 8.72. The second-order valence-electron chi connectivity index (χ2n) is 5.60. The normalized spacial score (nSPS) is 10.9. The molecule has 0 radical (unpaired) electrons. The Balaban J connectivity index is 2.86. The molecular formula is C14H20N2O3. The van der Waals surface area contributed by atoms with Crippen molar-refractivity contribution in [2.24, 2.45) is 5.41 Å². The van der Waals surface area contributed by atoms with E-state index in [-0.39, 0.29) is 17.0 Å².